The number of benzene rings is 1. The third-order valence-electron chi connectivity index (χ3n) is 3.80. The Hall–Kier alpha value is -1.05. The molecule has 1 aromatic rings. The van der Waals surface area contributed by atoms with Crippen LogP contribution >= 0.6 is 46.4 Å². The van der Waals surface area contributed by atoms with Gasteiger partial charge < -0.3 is 9.57 Å². The third kappa shape index (κ3) is 2.76. The van der Waals surface area contributed by atoms with Gasteiger partial charge in [0.15, 0.2) is 0 Å². The molecular formula is C14H9Cl4NO5. The van der Waals surface area contributed by atoms with Gasteiger partial charge in [0, 0.05) is 13.2 Å². The molecular weight excluding hydrogens is 404 g/mol. The highest BCUT2D eigenvalue weighted by Gasteiger charge is 2.45. The Morgan fingerprint density at radius 1 is 0.917 bits per heavy atom. The molecule has 0 radical (unpaired) electrons. The Morgan fingerprint density at radius 3 is 1.83 bits per heavy atom. The molecule has 0 aromatic heterocycles. The minimum absolute atomic E-state index is 0.152. The van der Waals surface area contributed by atoms with Gasteiger partial charge in [-0.1, -0.05) is 51.5 Å². The maximum absolute atomic E-state index is 12.4. The summed E-state index contributed by atoms with van der Waals surface area (Å²) in [6, 6.07) is 0. The van der Waals surface area contributed by atoms with Crippen LogP contribution < -0.4 is 0 Å². The molecule has 1 fully saturated rings. The Kier molecular flexibility index (Phi) is 4.95. The number of rotatable bonds is 2. The van der Waals surface area contributed by atoms with Gasteiger partial charge in [-0.15, -0.1) is 0 Å². The Balaban J connectivity index is 1.91. The number of amides is 2. The fraction of sp³-hybridized carbons (Fsp3) is 0.357. The molecule has 0 N–H and O–H groups in total. The molecule has 1 saturated heterocycles. The first-order chi connectivity index (χ1) is 11.3. The fourth-order valence-corrected chi connectivity index (χ4v) is 3.52. The van der Waals surface area contributed by atoms with Crippen LogP contribution in [-0.2, 0) is 14.4 Å². The van der Waals surface area contributed by atoms with E-state index in [4.69, 9.17) is 56.0 Å². The highest BCUT2D eigenvalue weighted by Crippen LogP contribution is 2.44. The number of carbonyl (C=O) groups excluding carboxylic acids is 3. The van der Waals surface area contributed by atoms with Gasteiger partial charge in [-0.05, 0) is 12.8 Å². The van der Waals surface area contributed by atoms with Crippen molar-refractivity contribution in [3.63, 3.8) is 0 Å². The molecule has 1 aromatic carbocycles. The van der Waals surface area contributed by atoms with Gasteiger partial charge in [0.1, 0.15) is 0 Å². The Labute approximate surface area is 156 Å². The van der Waals surface area contributed by atoms with E-state index in [-0.39, 0.29) is 31.2 Å². The molecule has 2 aliphatic heterocycles. The van der Waals surface area contributed by atoms with Gasteiger partial charge in [0.25, 0.3) is 11.8 Å². The normalized spacial score (nSPS) is 18.1. The van der Waals surface area contributed by atoms with Crippen molar-refractivity contribution < 1.29 is 24.0 Å². The van der Waals surface area contributed by atoms with Crippen LogP contribution in [0.1, 0.15) is 33.6 Å². The SMILES string of the molecule is O=C(ON1C(=O)c2c(Cl)c(Cl)c(Cl)c(Cl)c2C1=O)C1CCOCC1. The van der Waals surface area contributed by atoms with Gasteiger partial charge in [-0.2, -0.15) is 0 Å². The number of fused-ring (bicyclic) bond motifs is 1. The summed E-state index contributed by atoms with van der Waals surface area (Å²) in [6.45, 7) is 0.815. The number of carbonyl (C=O) groups is 3. The number of hydrogen-bond acceptors (Lipinski definition) is 5. The van der Waals surface area contributed by atoms with Crippen LogP contribution in [0.3, 0.4) is 0 Å². The van der Waals surface area contributed by atoms with E-state index in [0.29, 0.717) is 31.1 Å². The maximum Gasteiger partial charge on any atom is 0.336 e. The van der Waals surface area contributed by atoms with Crippen LogP contribution in [0.25, 0.3) is 0 Å². The molecule has 2 amide bonds. The van der Waals surface area contributed by atoms with Crippen LogP contribution in [0.15, 0.2) is 0 Å². The first kappa shape index (κ1) is 17.8. The summed E-state index contributed by atoms with van der Waals surface area (Å²) in [4.78, 5) is 42.0. The average Bonchev–Trinajstić information content (AvgIpc) is 2.83. The summed E-state index contributed by atoms with van der Waals surface area (Å²) >= 11 is 23.8. The zero-order valence-electron chi connectivity index (χ0n) is 11.9. The van der Waals surface area contributed by atoms with Crippen LogP contribution in [0.5, 0.6) is 0 Å². The predicted molar refractivity (Wildman–Crippen MR) is 86.6 cm³/mol. The van der Waals surface area contributed by atoms with E-state index in [2.05, 4.69) is 0 Å². The topological polar surface area (TPSA) is 72.9 Å². The van der Waals surface area contributed by atoms with E-state index in [0.717, 1.165) is 0 Å². The fourth-order valence-electron chi connectivity index (χ4n) is 2.51. The smallest absolute Gasteiger partial charge is 0.336 e. The van der Waals surface area contributed by atoms with Gasteiger partial charge >= 0.3 is 5.97 Å². The Bertz CT molecular complexity index is 713. The zero-order valence-corrected chi connectivity index (χ0v) is 14.9. The van der Waals surface area contributed by atoms with E-state index < -0.39 is 23.7 Å². The van der Waals surface area contributed by atoms with Crippen molar-refractivity contribution in [3.05, 3.63) is 31.2 Å². The molecule has 2 aliphatic rings. The molecule has 3 rings (SSSR count). The lowest BCUT2D eigenvalue weighted by Gasteiger charge is -2.22. The first-order valence-corrected chi connectivity index (χ1v) is 8.40. The molecule has 24 heavy (non-hydrogen) atoms. The van der Waals surface area contributed by atoms with Crippen molar-refractivity contribution in [1.29, 1.82) is 0 Å². The molecule has 0 spiro atoms. The number of hydrogen-bond donors (Lipinski definition) is 0. The lowest BCUT2D eigenvalue weighted by atomic mass is 10.0. The second kappa shape index (κ2) is 6.69. The summed E-state index contributed by atoms with van der Waals surface area (Å²) in [5.74, 6) is -2.99. The summed E-state index contributed by atoms with van der Waals surface area (Å²) in [6.07, 6.45) is 0.891. The van der Waals surface area contributed by atoms with Gasteiger partial charge in [0.05, 0.1) is 37.1 Å². The molecule has 2 heterocycles. The number of ether oxygens (including phenoxy) is 1. The molecule has 0 atom stereocenters. The quantitative estimate of drug-likeness (QED) is 0.419. The summed E-state index contributed by atoms with van der Waals surface area (Å²) in [5, 5.41) is -0.401. The van der Waals surface area contributed by atoms with E-state index in [1.54, 1.807) is 0 Å². The highest BCUT2D eigenvalue weighted by atomic mass is 35.5. The van der Waals surface area contributed by atoms with Crippen LogP contribution in [0, 0.1) is 5.92 Å². The lowest BCUT2D eigenvalue weighted by Crippen LogP contribution is -2.36. The number of imide groups is 1. The minimum Gasteiger partial charge on any atom is -0.381 e. The Morgan fingerprint density at radius 2 is 1.38 bits per heavy atom. The second-order valence-electron chi connectivity index (χ2n) is 5.21. The molecule has 0 bridgehead atoms. The minimum atomic E-state index is -0.916. The molecule has 0 saturated carbocycles. The third-order valence-corrected chi connectivity index (χ3v) is 5.60. The van der Waals surface area contributed by atoms with Gasteiger partial charge in [-0.3, -0.25) is 9.59 Å². The summed E-state index contributed by atoms with van der Waals surface area (Å²) in [5.41, 5.74) is -0.471. The van der Waals surface area contributed by atoms with Gasteiger partial charge in [0.2, 0.25) is 0 Å². The average molecular weight is 413 g/mol. The summed E-state index contributed by atoms with van der Waals surface area (Å²) in [7, 11) is 0. The van der Waals surface area contributed by atoms with Crippen molar-refractivity contribution in [1.82, 2.24) is 5.06 Å². The van der Waals surface area contributed by atoms with E-state index >= 15 is 0 Å². The molecule has 0 aliphatic carbocycles. The van der Waals surface area contributed by atoms with Crippen LogP contribution in [0.4, 0.5) is 0 Å². The van der Waals surface area contributed by atoms with E-state index in [1.807, 2.05) is 0 Å². The maximum atomic E-state index is 12.4. The lowest BCUT2D eigenvalue weighted by molar-refractivity contribution is -0.176. The molecule has 0 unspecified atom stereocenters. The molecule has 10 heteroatoms. The standard InChI is InChI=1S/C14H9Cl4NO5/c15-8-6-7(9(16)11(18)10(8)17)13(21)19(12(6)20)24-14(22)5-1-3-23-4-2-5/h5H,1-4H2. The van der Waals surface area contributed by atoms with Crippen molar-refractivity contribution in [3.8, 4) is 0 Å². The first-order valence-electron chi connectivity index (χ1n) is 6.88. The van der Waals surface area contributed by atoms with Crippen molar-refractivity contribution in [2.24, 2.45) is 5.92 Å². The van der Waals surface area contributed by atoms with Crippen LogP contribution in [0.2, 0.25) is 20.1 Å². The molecule has 128 valence electrons. The molecule has 6 nitrogen and oxygen atoms in total. The van der Waals surface area contributed by atoms with Crippen LogP contribution in [-0.4, -0.2) is 36.1 Å². The van der Waals surface area contributed by atoms with E-state index in [1.165, 1.54) is 0 Å². The highest BCUT2D eigenvalue weighted by molar-refractivity contribution is 6.55. The predicted octanol–water partition coefficient (Wildman–Crippen LogP) is 3.78. The number of nitrogens with zero attached hydrogens (tertiary/aromatic N) is 1. The van der Waals surface area contributed by atoms with Gasteiger partial charge in [-0.25, -0.2) is 4.79 Å². The van der Waals surface area contributed by atoms with E-state index in [9.17, 15) is 14.4 Å². The van der Waals surface area contributed by atoms with Crippen molar-refractivity contribution in [2.45, 2.75) is 12.8 Å². The van der Waals surface area contributed by atoms with Crippen molar-refractivity contribution >= 4 is 64.2 Å². The summed E-state index contributed by atoms with van der Waals surface area (Å²) < 4.78 is 5.15. The monoisotopic (exact) mass is 411 g/mol. The largest absolute Gasteiger partial charge is 0.381 e. The number of halogens is 4. The second-order valence-corrected chi connectivity index (χ2v) is 6.72. The van der Waals surface area contributed by atoms with Crippen molar-refractivity contribution in [2.75, 3.05) is 13.2 Å². The zero-order chi connectivity index (χ0) is 17.6. The number of hydroxylamine groups is 2.